The highest BCUT2D eigenvalue weighted by Crippen LogP contribution is 2.35. The standard InChI is InChI=1S/C34H36N4O5/c1-42-28-8-5-7-24(20-28)29-12-10-25(21-32(29)43-2)33(40)38-23-27-11-13-31(37(27)22-26-6-3-4-9-30(26)38)34(41)36-16-14-35(15-17-36)18-19-39/h3-13,20-21,39H,14-19,22-23H2,1-2H3. The minimum atomic E-state index is -0.148. The van der Waals surface area contributed by atoms with E-state index in [0.717, 1.165) is 46.9 Å². The third kappa shape index (κ3) is 5.61. The first-order valence-electron chi connectivity index (χ1n) is 14.5. The summed E-state index contributed by atoms with van der Waals surface area (Å²) >= 11 is 0. The van der Waals surface area contributed by atoms with Gasteiger partial charge in [0.2, 0.25) is 0 Å². The molecule has 222 valence electrons. The molecule has 1 saturated heterocycles. The van der Waals surface area contributed by atoms with E-state index in [1.165, 1.54) is 0 Å². The largest absolute Gasteiger partial charge is 0.497 e. The van der Waals surface area contributed by atoms with Crippen LogP contribution in [0.4, 0.5) is 5.69 Å². The number of nitrogens with zero attached hydrogens (tertiary/aromatic N) is 4. The van der Waals surface area contributed by atoms with E-state index in [9.17, 15) is 14.7 Å². The van der Waals surface area contributed by atoms with Crippen LogP contribution in [0.3, 0.4) is 0 Å². The lowest BCUT2D eigenvalue weighted by molar-refractivity contribution is 0.0605. The quantitative estimate of drug-likeness (QED) is 0.354. The lowest BCUT2D eigenvalue weighted by Gasteiger charge is -2.34. The average Bonchev–Trinajstić information content (AvgIpc) is 3.37. The molecule has 1 aromatic heterocycles. The van der Waals surface area contributed by atoms with Crippen LogP contribution in [0.1, 0.15) is 32.1 Å². The molecular formula is C34H36N4O5. The fourth-order valence-electron chi connectivity index (χ4n) is 6.02. The molecule has 9 nitrogen and oxygen atoms in total. The summed E-state index contributed by atoms with van der Waals surface area (Å²) in [5.41, 5.74) is 5.61. The highest BCUT2D eigenvalue weighted by Gasteiger charge is 2.30. The Kier molecular flexibility index (Phi) is 8.18. The number of amides is 2. The van der Waals surface area contributed by atoms with Gasteiger partial charge in [0.1, 0.15) is 17.2 Å². The fourth-order valence-corrected chi connectivity index (χ4v) is 6.02. The van der Waals surface area contributed by atoms with Gasteiger partial charge in [-0.3, -0.25) is 14.5 Å². The second-order valence-corrected chi connectivity index (χ2v) is 10.8. The van der Waals surface area contributed by atoms with Crippen LogP contribution in [0, 0.1) is 0 Å². The molecule has 6 rings (SSSR count). The second-order valence-electron chi connectivity index (χ2n) is 10.8. The number of anilines is 1. The molecule has 0 bridgehead atoms. The molecule has 0 saturated carbocycles. The third-order valence-electron chi connectivity index (χ3n) is 8.37. The zero-order valence-electron chi connectivity index (χ0n) is 24.5. The molecule has 3 aromatic carbocycles. The number of hydrogen-bond acceptors (Lipinski definition) is 6. The van der Waals surface area contributed by atoms with Gasteiger partial charge in [0.15, 0.2) is 0 Å². The number of aromatic nitrogens is 1. The van der Waals surface area contributed by atoms with Gasteiger partial charge in [0, 0.05) is 55.2 Å². The predicted octanol–water partition coefficient (Wildman–Crippen LogP) is 4.13. The summed E-state index contributed by atoms with van der Waals surface area (Å²) in [5, 5.41) is 9.26. The molecule has 2 aliphatic rings. The van der Waals surface area contributed by atoms with Crippen molar-refractivity contribution in [2.45, 2.75) is 13.1 Å². The Labute approximate surface area is 251 Å². The van der Waals surface area contributed by atoms with Gasteiger partial charge in [-0.05, 0) is 59.7 Å². The topological polar surface area (TPSA) is 87.5 Å². The molecule has 9 heteroatoms. The van der Waals surface area contributed by atoms with Crippen molar-refractivity contribution in [2.24, 2.45) is 0 Å². The monoisotopic (exact) mass is 580 g/mol. The van der Waals surface area contributed by atoms with Crippen LogP contribution in [0.25, 0.3) is 11.1 Å². The highest BCUT2D eigenvalue weighted by atomic mass is 16.5. The molecule has 43 heavy (non-hydrogen) atoms. The molecule has 4 aromatic rings. The number of rotatable bonds is 7. The number of benzene rings is 3. The smallest absolute Gasteiger partial charge is 0.270 e. The summed E-state index contributed by atoms with van der Waals surface area (Å²) in [6.45, 7) is 4.28. The van der Waals surface area contributed by atoms with Crippen molar-refractivity contribution in [3.05, 3.63) is 101 Å². The Bertz CT molecular complexity index is 1640. The zero-order valence-corrected chi connectivity index (χ0v) is 24.5. The maximum absolute atomic E-state index is 14.2. The maximum atomic E-state index is 14.2. The number of carbonyl (C=O) groups excluding carboxylic acids is 2. The van der Waals surface area contributed by atoms with Crippen molar-refractivity contribution in [3.63, 3.8) is 0 Å². The Morgan fingerprint density at radius 1 is 0.814 bits per heavy atom. The van der Waals surface area contributed by atoms with E-state index in [2.05, 4.69) is 4.90 Å². The van der Waals surface area contributed by atoms with Crippen molar-refractivity contribution in [2.75, 3.05) is 58.5 Å². The number of β-amino-alcohol motifs (C(OH)–C–C–N with tert-alkyl or cyclic N) is 1. The van der Waals surface area contributed by atoms with Gasteiger partial charge in [0.05, 0.1) is 33.9 Å². The average molecular weight is 581 g/mol. The Hall–Kier alpha value is -4.60. The number of fused-ring (bicyclic) bond motifs is 2. The maximum Gasteiger partial charge on any atom is 0.270 e. The van der Waals surface area contributed by atoms with Crippen molar-refractivity contribution in [1.82, 2.24) is 14.4 Å². The van der Waals surface area contributed by atoms with Crippen molar-refractivity contribution in [1.29, 1.82) is 0 Å². The first-order chi connectivity index (χ1) is 21.0. The van der Waals surface area contributed by atoms with E-state index in [1.54, 1.807) is 25.2 Å². The summed E-state index contributed by atoms with van der Waals surface area (Å²) in [6, 6.07) is 25.0. The number of methoxy groups -OCH3 is 2. The van der Waals surface area contributed by atoms with Gasteiger partial charge in [-0.25, -0.2) is 0 Å². The van der Waals surface area contributed by atoms with Gasteiger partial charge in [-0.1, -0.05) is 30.3 Å². The summed E-state index contributed by atoms with van der Waals surface area (Å²) < 4.78 is 13.2. The molecule has 2 amide bonds. The van der Waals surface area contributed by atoms with Gasteiger partial charge in [-0.15, -0.1) is 0 Å². The summed E-state index contributed by atoms with van der Waals surface area (Å²) in [6.07, 6.45) is 0. The van der Waals surface area contributed by atoms with Gasteiger partial charge < -0.3 is 28.9 Å². The SMILES string of the molecule is COc1cccc(-c2ccc(C(=O)N3Cc4ccc(C(=O)N5CCN(CCO)CC5)n4Cc4ccccc43)cc2OC)c1. The Balaban J connectivity index is 1.30. The molecule has 0 aliphatic carbocycles. The lowest BCUT2D eigenvalue weighted by atomic mass is 10.0. The van der Waals surface area contributed by atoms with Crippen LogP contribution in [0.2, 0.25) is 0 Å². The minimum absolute atomic E-state index is 0.00924. The van der Waals surface area contributed by atoms with Gasteiger partial charge in [-0.2, -0.15) is 0 Å². The van der Waals surface area contributed by atoms with E-state index in [0.29, 0.717) is 49.7 Å². The molecular weight excluding hydrogens is 544 g/mol. The molecule has 1 N–H and O–H groups in total. The number of aliphatic hydroxyl groups is 1. The highest BCUT2D eigenvalue weighted by molar-refractivity contribution is 6.07. The van der Waals surface area contributed by atoms with Crippen LogP contribution in [0.5, 0.6) is 11.5 Å². The van der Waals surface area contributed by atoms with Crippen LogP contribution in [0.15, 0.2) is 78.9 Å². The molecule has 1 fully saturated rings. The summed E-state index contributed by atoms with van der Waals surface area (Å²) in [7, 11) is 3.24. The van der Waals surface area contributed by atoms with Crippen molar-refractivity contribution < 1.29 is 24.2 Å². The minimum Gasteiger partial charge on any atom is -0.497 e. The Morgan fingerprint density at radius 3 is 2.40 bits per heavy atom. The summed E-state index contributed by atoms with van der Waals surface area (Å²) in [4.78, 5) is 33.6. The number of piperazine rings is 1. The van der Waals surface area contributed by atoms with Crippen LogP contribution in [-0.2, 0) is 13.1 Å². The van der Waals surface area contributed by atoms with Crippen LogP contribution >= 0.6 is 0 Å². The fraction of sp³-hybridized carbons (Fsp3) is 0.294. The Morgan fingerprint density at radius 2 is 1.63 bits per heavy atom. The molecule has 2 aliphatic heterocycles. The second kappa shape index (κ2) is 12.3. The van der Waals surface area contributed by atoms with Crippen LogP contribution in [-0.4, -0.2) is 84.8 Å². The lowest BCUT2D eigenvalue weighted by Crippen LogP contribution is -2.49. The number of para-hydroxylation sites is 1. The number of hydrogen-bond donors (Lipinski definition) is 1. The molecule has 0 unspecified atom stereocenters. The van der Waals surface area contributed by atoms with Crippen molar-refractivity contribution in [3.8, 4) is 22.6 Å². The van der Waals surface area contributed by atoms with Crippen LogP contribution < -0.4 is 14.4 Å². The molecule has 0 radical (unpaired) electrons. The number of carbonyl (C=O) groups is 2. The van der Waals surface area contributed by atoms with E-state index in [4.69, 9.17) is 9.47 Å². The van der Waals surface area contributed by atoms with E-state index in [-0.39, 0.29) is 18.4 Å². The molecule has 0 atom stereocenters. The summed E-state index contributed by atoms with van der Waals surface area (Å²) in [5.74, 6) is 1.18. The molecule has 0 spiro atoms. The van der Waals surface area contributed by atoms with Gasteiger partial charge >= 0.3 is 0 Å². The van der Waals surface area contributed by atoms with Crippen molar-refractivity contribution >= 4 is 17.5 Å². The molecule has 3 heterocycles. The van der Waals surface area contributed by atoms with E-state index < -0.39 is 0 Å². The number of ether oxygens (including phenoxy) is 2. The first kappa shape index (κ1) is 28.5. The third-order valence-corrected chi connectivity index (χ3v) is 8.37. The normalized spacial score (nSPS) is 15.0. The number of aliphatic hydroxyl groups excluding tert-OH is 1. The zero-order chi connectivity index (χ0) is 29.9. The van der Waals surface area contributed by atoms with E-state index in [1.807, 2.05) is 82.3 Å². The first-order valence-corrected chi connectivity index (χ1v) is 14.5. The predicted molar refractivity (Wildman–Crippen MR) is 165 cm³/mol. The van der Waals surface area contributed by atoms with Gasteiger partial charge in [0.25, 0.3) is 11.8 Å². The van der Waals surface area contributed by atoms with E-state index >= 15 is 0 Å².